The van der Waals surface area contributed by atoms with Gasteiger partial charge in [0.25, 0.3) is 0 Å². The quantitative estimate of drug-likeness (QED) is 0.681. The van der Waals surface area contributed by atoms with Crippen molar-refractivity contribution in [2.45, 2.75) is 31.8 Å². The summed E-state index contributed by atoms with van der Waals surface area (Å²) >= 11 is 0. The third kappa shape index (κ3) is 3.71. The predicted molar refractivity (Wildman–Crippen MR) is 100 cm³/mol. The van der Waals surface area contributed by atoms with E-state index >= 15 is 0 Å². The van der Waals surface area contributed by atoms with E-state index in [0.29, 0.717) is 5.92 Å². The van der Waals surface area contributed by atoms with Gasteiger partial charge in [0.05, 0.1) is 0 Å². The van der Waals surface area contributed by atoms with Crippen LogP contribution < -0.4 is 5.32 Å². The van der Waals surface area contributed by atoms with E-state index in [0.717, 1.165) is 19.0 Å². The van der Waals surface area contributed by atoms with Crippen LogP contribution in [0, 0.1) is 11.8 Å². The molecule has 0 radical (unpaired) electrons. The summed E-state index contributed by atoms with van der Waals surface area (Å²) in [7, 11) is 1.83. The number of rotatable bonds is 9. The Labute approximate surface area is 146 Å². The van der Waals surface area contributed by atoms with E-state index in [1.807, 2.05) is 7.11 Å². The van der Waals surface area contributed by atoms with Crippen LogP contribution in [0.3, 0.4) is 0 Å². The molecule has 24 heavy (non-hydrogen) atoms. The van der Waals surface area contributed by atoms with Gasteiger partial charge in [-0.05, 0) is 30.0 Å². The van der Waals surface area contributed by atoms with Gasteiger partial charge in [-0.25, -0.2) is 0 Å². The Bertz CT molecular complexity index is 567. The minimum absolute atomic E-state index is 0.325. The summed E-state index contributed by atoms with van der Waals surface area (Å²) in [5, 5.41) is 3.66. The first-order valence-electron chi connectivity index (χ1n) is 9.14. The standard InChI is InChI=1S/C22H29NO/c1-18(17-23-16-15-19-13-14-19)22(24-2,20-9-5-3-6-10-20)21-11-7-4-8-12-21/h3-12,18-19,23H,13-17H2,1-2H3. The Morgan fingerprint density at radius 2 is 1.54 bits per heavy atom. The number of methoxy groups -OCH3 is 1. The van der Waals surface area contributed by atoms with E-state index in [2.05, 4.69) is 72.9 Å². The first-order chi connectivity index (χ1) is 11.8. The predicted octanol–water partition coefficient (Wildman–Crippen LogP) is 4.60. The maximum Gasteiger partial charge on any atom is 0.121 e. The van der Waals surface area contributed by atoms with E-state index in [1.165, 1.54) is 30.4 Å². The summed E-state index contributed by atoms with van der Waals surface area (Å²) in [6.45, 7) is 4.34. The summed E-state index contributed by atoms with van der Waals surface area (Å²) in [5.74, 6) is 1.30. The average molecular weight is 323 g/mol. The third-order valence-corrected chi connectivity index (χ3v) is 5.30. The van der Waals surface area contributed by atoms with E-state index in [-0.39, 0.29) is 0 Å². The molecule has 1 atom stereocenters. The zero-order chi connectivity index (χ0) is 16.8. The molecule has 1 fully saturated rings. The first-order valence-corrected chi connectivity index (χ1v) is 9.14. The second-order valence-corrected chi connectivity index (χ2v) is 7.01. The molecule has 128 valence electrons. The highest BCUT2D eigenvalue weighted by Gasteiger charge is 2.39. The molecule has 3 rings (SSSR count). The number of hydrogen-bond acceptors (Lipinski definition) is 2. The molecular formula is C22H29NO. The molecule has 2 nitrogen and oxygen atoms in total. The Morgan fingerprint density at radius 1 is 1.00 bits per heavy atom. The highest BCUT2D eigenvalue weighted by atomic mass is 16.5. The Balaban J connectivity index is 1.83. The van der Waals surface area contributed by atoms with Crippen LogP contribution in [0.4, 0.5) is 0 Å². The van der Waals surface area contributed by atoms with Crippen molar-refractivity contribution in [2.75, 3.05) is 20.2 Å². The lowest BCUT2D eigenvalue weighted by Crippen LogP contribution is -2.42. The first kappa shape index (κ1) is 17.2. The molecule has 1 N–H and O–H groups in total. The van der Waals surface area contributed by atoms with Gasteiger partial charge in [0.2, 0.25) is 0 Å². The van der Waals surface area contributed by atoms with Crippen molar-refractivity contribution < 1.29 is 4.74 Å². The molecular weight excluding hydrogens is 294 g/mol. The maximum absolute atomic E-state index is 6.22. The maximum atomic E-state index is 6.22. The summed E-state index contributed by atoms with van der Waals surface area (Å²) in [6.07, 6.45) is 4.16. The molecule has 0 aliphatic heterocycles. The summed E-state index contributed by atoms with van der Waals surface area (Å²) in [4.78, 5) is 0. The molecule has 2 heteroatoms. The van der Waals surface area contributed by atoms with Gasteiger partial charge in [-0.3, -0.25) is 0 Å². The van der Waals surface area contributed by atoms with Crippen molar-refractivity contribution in [3.8, 4) is 0 Å². The fourth-order valence-electron chi connectivity index (χ4n) is 3.72. The van der Waals surface area contributed by atoms with E-state index in [9.17, 15) is 0 Å². The Kier molecular flexibility index (Phi) is 5.70. The van der Waals surface area contributed by atoms with Gasteiger partial charge < -0.3 is 10.1 Å². The Morgan fingerprint density at radius 3 is 2.00 bits per heavy atom. The molecule has 2 aromatic rings. The minimum atomic E-state index is -0.422. The zero-order valence-corrected chi connectivity index (χ0v) is 14.9. The van der Waals surface area contributed by atoms with Crippen LogP contribution in [0.1, 0.15) is 37.3 Å². The Hall–Kier alpha value is -1.64. The number of hydrogen-bond donors (Lipinski definition) is 1. The molecule has 0 amide bonds. The van der Waals surface area contributed by atoms with Crippen molar-refractivity contribution in [1.29, 1.82) is 0 Å². The molecule has 1 unspecified atom stereocenters. The lowest BCUT2D eigenvalue weighted by molar-refractivity contribution is -0.0230. The van der Waals surface area contributed by atoms with Crippen LogP contribution in [0.15, 0.2) is 60.7 Å². The van der Waals surface area contributed by atoms with Gasteiger partial charge >= 0.3 is 0 Å². The molecule has 1 saturated carbocycles. The number of benzene rings is 2. The van der Waals surface area contributed by atoms with Crippen LogP contribution in [0.2, 0.25) is 0 Å². The summed E-state index contributed by atoms with van der Waals surface area (Å²) in [5.41, 5.74) is 2.01. The number of ether oxygens (including phenoxy) is 1. The topological polar surface area (TPSA) is 21.3 Å². The van der Waals surface area contributed by atoms with Crippen LogP contribution in [-0.2, 0) is 10.3 Å². The van der Waals surface area contributed by atoms with Crippen molar-refractivity contribution in [2.24, 2.45) is 11.8 Å². The average Bonchev–Trinajstić information content (AvgIpc) is 3.46. The molecule has 0 bridgehead atoms. The van der Waals surface area contributed by atoms with Crippen molar-refractivity contribution in [3.63, 3.8) is 0 Å². The molecule has 0 aromatic heterocycles. The largest absolute Gasteiger partial charge is 0.368 e. The van der Waals surface area contributed by atoms with E-state index < -0.39 is 5.60 Å². The molecule has 0 heterocycles. The van der Waals surface area contributed by atoms with Gasteiger partial charge in [0.1, 0.15) is 5.60 Å². The fraction of sp³-hybridized carbons (Fsp3) is 0.455. The van der Waals surface area contributed by atoms with Gasteiger partial charge in [-0.2, -0.15) is 0 Å². The van der Waals surface area contributed by atoms with E-state index in [1.54, 1.807) is 0 Å². The minimum Gasteiger partial charge on any atom is -0.368 e. The highest BCUT2D eigenvalue weighted by Crippen LogP contribution is 2.40. The second kappa shape index (κ2) is 7.96. The lowest BCUT2D eigenvalue weighted by Gasteiger charge is -2.39. The summed E-state index contributed by atoms with van der Waals surface area (Å²) < 4.78 is 6.22. The van der Waals surface area contributed by atoms with Crippen LogP contribution in [0.25, 0.3) is 0 Å². The zero-order valence-electron chi connectivity index (χ0n) is 14.9. The summed E-state index contributed by atoms with van der Waals surface area (Å²) in [6, 6.07) is 21.2. The van der Waals surface area contributed by atoms with E-state index in [4.69, 9.17) is 4.74 Å². The smallest absolute Gasteiger partial charge is 0.121 e. The second-order valence-electron chi connectivity index (χ2n) is 7.01. The van der Waals surface area contributed by atoms with Gasteiger partial charge in [0, 0.05) is 19.6 Å². The normalized spacial score (nSPS) is 16.1. The molecule has 1 aliphatic rings. The van der Waals surface area contributed by atoms with Gasteiger partial charge in [-0.1, -0.05) is 80.4 Å². The monoisotopic (exact) mass is 323 g/mol. The SMILES string of the molecule is COC(c1ccccc1)(c1ccccc1)C(C)CNCCC1CC1. The third-order valence-electron chi connectivity index (χ3n) is 5.30. The van der Waals surface area contributed by atoms with Crippen molar-refractivity contribution in [1.82, 2.24) is 5.32 Å². The molecule has 1 aliphatic carbocycles. The van der Waals surface area contributed by atoms with Crippen LogP contribution >= 0.6 is 0 Å². The van der Waals surface area contributed by atoms with Crippen molar-refractivity contribution in [3.05, 3.63) is 71.8 Å². The molecule has 2 aromatic carbocycles. The van der Waals surface area contributed by atoms with Gasteiger partial charge in [-0.15, -0.1) is 0 Å². The fourth-order valence-corrected chi connectivity index (χ4v) is 3.72. The van der Waals surface area contributed by atoms with Crippen LogP contribution in [-0.4, -0.2) is 20.2 Å². The number of nitrogens with one attached hydrogen (secondary N) is 1. The van der Waals surface area contributed by atoms with Crippen molar-refractivity contribution >= 4 is 0 Å². The molecule has 0 saturated heterocycles. The van der Waals surface area contributed by atoms with Crippen LogP contribution in [0.5, 0.6) is 0 Å². The van der Waals surface area contributed by atoms with Gasteiger partial charge in [0.15, 0.2) is 0 Å². The lowest BCUT2D eigenvalue weighted by atomic mass is 9.76. The highest BCUT2D eigenvalue weighted by molar-refractivity contribution is 5.37. The molecule has 0 spiro atoms.